The monoisotopic (exact) mass is 393 g/mol. The molecule has 4 rings (SSSR count). The van der Waals surface area contributed by atoms with Gasteiger partial charge in [-0.2, -0.15) is 0 Å². The number of urea groups is 1. The third kappa shape index (κ3) is 4.67. The number of hydrogen-bond donors (Lipinski definition) is 3. The largest absolute Gasteiger partial charge is 0.486 e. The van der Waals surface area contributed by atoms with Crippen LogP contribution in [0.3, 0.4) is 0 Å². The molecule has 0 saturated carbocycles. The van der Waals surface area contributed by atoms with E-state index >= 15 is 0 Å². The molecule has 0 radical (unpaired) electrons. The lowest BCUT2D eigenvalue weighted by Crippen LogP contribution is -2.42. The van der Waals surface area contributed by atoms with Gasteiger partial charge in [-0.1, -0.05) is 18.2 Å². The van der Waals surface area contributed by atoms with Gasteiger partial charge in [0.2, 0.25) is 0 Å². The van der Waals surface area contributed by atoms with Crippen LogP contribution in [0.2, 0.25) is 0 Å². The number of benzene rings is 2. The Balaban J connectivity index is 1.28. The summed E-state index contributed by atoms with van der Waals surface area (Å²) >= 11 is 0. The molecule has 0 unspecified atom stereocenters. The van der Waals surface area contributed by atoms with Crippen molar-refractivity contribution in [3.8, 4) is 11.5 Å². The molecule has 1 atom stereocenters. The average molecular weight is 393 g/mol. The summed E-state index contributed by atoms with van der Waals surface area (Å²) < 4.78 is 16.5. The highest BCUT2D eigenvalue weighted by Crippen LogP contribution is 2.30. The number of amides is 3. The summed E-state index contributed by atoms with van der Waals surface area (Å²) in [5.74, 6) is 1.19. The van der Waals surface area contributed by atoms with E-state index in [1.54, 1.807) is 36.4 Å². The van der Waals surface area contributed by atoms with E-state index in [1.807, 2.05) is 24.3 Å². The van der Waals surface area contributed by atoms with E-state index in [0.717, 1.165) is 0 Å². The van der Waals surface area contributed by atoms with Crippen LogP contribution in [0.5, 0.6) is 11.5 Å². The number of hydrogen-bond acceptors (Lipinski definition) is 5. The summed E-state index contributed by atoms with van der Waals surface area (Å²) in [5, 5.41) is 8.19. The second kappa shape index (κ2) is 8.39. The van der Waals surface area contributed by atoms with Crippen molar-refractivity contribution in [3.63, 3.8) is 0 Å². The van der Waals surface area contributed by atoms with Crippen molar-refractivity contribution in [2.45, 2.75) is 6.10 Å². The molecule has 148 valence electrons. The maximum absolute atomic E-state index is 12.2. The molecule has 8 heteroatoms. The smallest absolute Gasteiger partial charge is 0.319 e. The fraction of sp³-hybridized carbons (Fsp3) is 0.143. The molecule has 0 bridgehead atoms. The minimum Gasteiger partial charge on any atom is -0.486 e. The second-order valence-electron chi connectivity index (χ2n) is 6.34. The number of para-hydroxylation sites is 2. The van der Waals surface area contributed by atoms with Crippen LogP contribution in [0.15, 0.2) is 71.3 Å². The zero-order chi connectivity index (χ0) is 20.1. The van der Waals surface area contributed by atoms with Gasteiger partial charge in [-0.15, -0.1) is 0 Å². The van der Waals surface area contributed by atoms with Crippen molar-refractivity contribution in [1.29, 1.82) is 0 Å². The molecule has 2 heterocycles. The van der Waals surface area contributed by atoms with Crippen molar-refractivity contribution in [2.75, 3.05) is 23.8 Å². The molecule has 8 nitrogen and oxygen atoms in total. The number of carbonyl (C=O) groups is 2. The summed E-state index contributed by atoms with van der Waals surface area (Å²) in [4.78, 5) is 24.2. The standard InChI is InChI=1S/C21H19N3O5/c25-20(19-9-4-10-27-19)23-14-5-3-6-15(11-14)24-21(26)22-12-16-13-28-17-7-1-2-8-18(17)29-16/h1-11,16H,12-13H2,(H,23,25)(H2,22,24,26)/t16-/m1/s1. The Morgan fingerprint density at radius 3 is 2.52 bits per heavy atom. The van der Waals surface area contributed by atoms with Crippen LogP contribution in [-0.2, 0) is 0 Å². The van der Waals surface area contributed by atoms with Crippen LogP contribution in [0.25, 0.3) is 0 Å². The lowest BCUT2D eigenvalue weighted by Gasteiger charge is -2.26. The molecule has 3 N–H and O–H groups in total. The van der Waals surface area contributed by atoms with Crippen molar-refractivity contribution in [1.82, 2.24) is 5.32 Å². The first-order valence-corrected chi connectivity index (χ1v) is 9.05. The maximum Gasteiger partial charge on any atom is 0.319 e. The lowest BCUT2D eigenvalue weighted by atomic mass is 10.2. The van der Waals surface area contributed by atoms with Gasteiger partial charge in [-0.3, -0.25) is 4.79 Å². The van der Waals surface area contributed by atoms with Crippen LogP contribution in [0, 0.1) is 0 Å². The molecule has 0 aliphatic carbocycles. The van der Waals surface area contributed by atoms with Gasteiger partial charge in [-0.25, -0.2) is 4.79 Å². The molecule has 0 fully saturated rings. The highest BCUT2D eigenvalue weighted by molar-refractivity contribution is 6.02. The molecule has 0 spiro atoms. The number of carbonyl (C=O) groups excluding carboxylic acids is 2. The normalized spacial score (nSPS) is 14.7. The number of nitrogens with one attached hydrogen (secondary N) is 3. The molecule has 0 saturated heterocycles. The fourth-order valence-electron chi connectivity index (χ4n) is 2.82. The van der Waals surface area contributed by atoms with Gasteiger partial charge < -0.3 is 29.8 Å². The van der Waals surface area contributed by atoms with E-state index in [1.165, 1.54) is 6.26 Å². The molecule has 1 aliphatic heterocycles. The van der Waals surface area contributed by atoms with Crippen molar-refractivity contribution in [3.05, 3.63) is 72.7 Å². The summed E-state index contributed by atoms with van der Waals surface area (Å²) in [5.41, 5.74) is 1.07. The zero-order valence-corrected chi connectivity index (χ0v) is 15.4. The summed E-state index contributed by atoms with van der Waals surface area (Å²) in [6.07, 6.45) is 1.14. The number of anilines is 2. The summed E-state index contributed by atoms with van der Waals surface area (Å²) in [7, 11) is 0. The highest BCUT2D eigenvalue weighted by Gasteiger charge is 2.21. The summed E-state index contributed by atoms with van der Waals surface area (Å²) in [6, 6.07) is 17.0. The summed E-state index contributed by atoms with van der Waals surface area (Å²) in [6.45, 7) is 0.640. The van der Waals surface area contributed by atoms with E-state index in [-0.39, 0.29) is 30.3 Å². The van der Waals surface area contributed by atoms with Crippen molar-refractivity contribution >= 4 is 23.3 Å². The minimum absolute atomic E-state index is 0.206. The molecule has 3 aromatic rings. The Labute approximate surface area is 166 Å². The van der Waals surface area contributed by atoms with Gasteiger partial charge in [0.1, 0.15) is 6.61 Å². The molecule has 2 aromatic carbocycles. The van der Waals surface area contributed by atoms with E-state index in [0.29, 0.717) is 29.5 Å². The van der Waals surface area contributed by atoms with E-state index in [4.69, 9.17) is 13.9 Å². The number of fused-ring (bicyclic) bond motifs is 1. The van der Waals surface area contributed by atoms with Crippen LogP contribution >= 0.6 is 0 Å². The molecule has 29 heavy (non-hydrogen) atoms. The predicted molar refractivity (Wildman–Crippen MR) is 106 cm³/mol. The predicted octanol–water partition coefficient (Wildman–Crippen LogP) is 3.49. The molecule has 3 amide bonds. The topological polar surface area (TPSA) is 102 Å². The highest BCUT2D eigenvalue weighted by atomic mass is 16.6. The number of ether oxygens (including phenoxy) is 2. The molecular formula is C21H19N3O5. The van der Waals surface area contributed by atoms with Crippen LogP contribution < -0.4 is 25.4 Å². The average Bonchev–Trinajstić information content (AvgIpc) is 3.27. The number of rotatable bonds is 5. The first-order valence-electron chi connectivity index (χ1n) is 9.05. The van der Waals surface area contributed by atoms with Gasteiger partial charge in [0, 0.05) is 11.4 Å². The van der Waals surface area contributed by atoms with Crippen molar-refractivity contribution in [2.24, 2.45) is 0 Å². The van der Waals surface area contributed by atoms with Crippen LogP contribution in [0.4, 0.5) is 16.2 Å². The Bertz CT molecular complexity index is 1000. The Morgan fingerprint density at radius 1 is 0.931 bits per heavy atom. The Hall–Kier alpha value is -3.94. The molecule has 1 aromatic heterocycles. The zero-order valence-electron chi connectivity index (χ0n) is 15.4. The van der Waals surface area contributed by atoms with E-state index in [2.05, 4.69) is 16.0 Å². The second-order valence-corrected chi connectivity index (χ2v) is 6.34. The molecular weight excluding hydrogens is 374 g/mol. The van der Waals surface area contributed by atoms with E-state index < -0.39 is 0 Å². The lowest BCUT2D eigenvalue weighted by molar-refractivity contribution is 0.0922. The quantitative estimate of drug-likeness (QED) is 0.616. The third-order valence-corrected chi connectivity index (χ3v) is 4.18. The maximum atomic E-state index is 12.2. The van der Waals surface area contributed by atoms with Crippen molar-refractivity contribution < 1.29 is 23.5 Å². The first kappa shape index (κ1) is 18.4. The molecule has 1 aliphatic rings. The Kier molecular flexibility index (Phi) is 5.33. The first-order chi connectivity index (χ1) is 14.2. The van der Waals surface area contributed by atoms with Gasteiger partial charge in [0.05, 0.1) is 12.8 Å². The van der Waals surface area contributed by atoms with E-state index in [9.17, 15) is 9.59 Å². The number of furan rings is 1. The fourth-order valence-corrected chi connectivity index (χ4v) is 2.82. The van der Waals surface area contributed by atoms with Gasteiger partial charge in [0.25, 0.3) is 5.91 Å². The third-order valence-electron chi connectivity index (χ3n) is 4.18. The van der Waals surface area contributed by atoms with Crippen LogP contribution in [0.1, 0.15) is 10.6 Å². The van der Waals surface area contributed by atoms with Gasteiger partial charge in [-0.05, 0) is 42.5 Å². The minimum atomic E-state index is -0.387. The van der Waals surface area contributed by atoms with Gasteiger partial charge >= 0.3 is 6.03 Å². The Morgan fingerprint density at radius 2 is 1.72 bits per heavy atom. The SMILES string of the molecule is O=C(NC[C@@H]1COc2ccccc2O1)Nc1cccc(NC(=O)c2ccco2)c1. The van der Waals surface area contributed by atoms with Gasteiger partial charge in [0.15, 0.2) is 23.4 Å². The van der Waals surface area contributed by atoms with Crippen LogP contribution in [-0.4, -0.2) is 31.2 Å².